The third-order valence-corrected chi connectivity index (χ3v) is 3.92. The number of nitrogens with zero attached hydrogens (tertiary/aromatic N) is 1. The molecule has 0 saturated carbocycles. The van der Waals surface area contributed by atoms with Gasteiger partial charge in [0.15, 0.2) is 0 Å². The Morgan fingerprint density at radius 1 is 0.960 bits per heavy atom. The first-order valence-electron chi connectivity index (χ1n) is 8.00. The van der Waals surface area contributed by atoms with Gasteiger partial charge in [0.05, 0.1) is 6.04 Å². The normalized spacial score (nSPS) is 11.8. The third kappa shape index (κ3) is 5.32. The third-order valence-electron chi connectivity index (χ3n) is 3.92. The fourth-order valence-corrected chi connectivity index (χ4v) is 2.50. The number of aromatic hydroxyl groups is 2. The van der Waals surface area contributed by atoms with Crippen LogP contribution >= 0.6 is 0 Å². The van der Waals surface area contributed by atoms with E-state index >= 15 is 0 Å². The minimum atomic E-state index is -0.840. The summed E-state index contributed by atoms with van der Waals surface area (Å²) in [6.45, 7) is 1.56. The van der Waals surface area contributed by atoms with E-state index in [4.69, 9.17) is 5.73 Å². The SMILES string of the molecule is CC(=O)N(CCc1ccc(O)cc1)C(=O)[C@@H](N)Cc1ccc(O)cc1. The van der Waals surface area contributed by atoms with Crippen molar-refractivity contribution < 1.29 is 19.8 Å². The van der Waals surface area contributed by atoms with Gasteiger partial charge in [0, 0.05) is 13.5 Å². The van der Waals surface area contributed by atoms with Gasteiger partial charge in [0.1, 0.15) is 11.5 Å². The van der Waals surface area contributed by atoms with Crippen molar-refractivity contribution in [1.29, 1.82) is 0 Å². The molecule has 2 rings (SSSR count). The smallest absolute Gasteiger partial charge is 0.246 e. The van der Waals surface area contributed by atoms with E-state index in [-0.39, 0.29) is 30.4 Å². The number of carbonyl (C=O) groups is 2. The van der Waals surface area contributed by atoms with Crippen molar-refractivity contribution in [3.63, 3.8) is 0 Å². The molecule has 6 heteroatoms. The molecule has 0 aliphatic rings. The molecule has 2 amide bonds. The van der Waals surface area contributed by atoms with Crippen LogP contribution in [0.3, 0.4) is 0 Å². The minimum absolute atomic E-state index is 0.142. The summed E-state index contributed by atoms with van der Waals surface area (Å²) in [5, 5.41) is 18.6. The highest BCUT2D eigenvalue weighted by atomic mass is 16.3. The van der Waals surface area contributed by atoms with Gasteiger partial charge in [-0.15, -0.1) is 0 Å². The number of amides is 2. The topological polar surface area (TPSA) is 104 Å². The van der Waals surface area contributed by atoms with Gasteiger partial charge in [0.25, 0.3) is 0 Å². The number of imide groups is 1. The highest BCUT2D eigenvalue weighted by Gasteiger charge is 2.24. The lowest BCUT2D eigenvalue weighted by atomic mass is 10.0. The van der Waals surface area contributed by atoms with Crippen LogP contribution in [0.25, 0.3) is 0 Å². The second kappa shape index (κ2) is 8.30. The lowest BCUT2D eigenvalue weighted by Gasteiger charge is -2.23. The zero-order valence-corrected chi connectivity index (χ0v) is 14.1. The molecule has 0 aliphatic heterocycles. The van der Waals surface area contributed by atoms with Gasteiger partial charge < -0.3 is 15.9 Å². The van der Waals surface area contributed by atoms with E-state index in [0.717, 1.165) is 16.0 Å². The zero-order valence-electron chi connectivity index (χ0n) is 14.1. The van der Waals surface area contributed by atoms with Crippen LogP contribution in [0, 0.1) is 0 Å². The van der Waals surface area contributed by atoms with Gasteiger partial charge in [-0.25, -0.2) is 0 Å². The summed E-state index contributed by atoms with van der Waals surface area (Å²) in [6, 6.07) is 12.2. The highest BCUT2D eigenvalue weighted by Crippen LogP contribution is 2.13. The van der Waals surface area contributed by atoms with Crippen molar-refractivity contribution in [2.24, 2.45) is 5.73 Å². The Morgan fingerprint density at radius 2 is 1.44 bits per heavy atom. The Morgan fingerprint density at radius 3 is 1.92 bits per heavy atom. The van der Waals surface area contributed by atoms with Gasteiger partial charge >= 0.3 is 0 Å². The Hall–Kier alpha value is -2.86. The fraction of sp³-hybridized carbons (Fsp3) is 0.263. The van der Waals surface area contributed by atoms with Crippen LogP contribution in [-0.2, 0) is 22.4 Å². The number of carbonyl (C=O) groups excluding carboxylic acids is 2. The molecule has 0 radical (unpaired) electrons. The number of benzene rings is 2. The number of rotatable bonds is 6. The van der Waals surface area contributed by atoms with E-state index in [1.165, 1.54) is 19.1 Å². The molecule has 132 valence electrons. The molecule has 0 aromatic heterocycles. The largest absolute Gasteiger partial charge is 0.508 e. The molecule has 0 spiro atoms. The van der Waals surface area contributed by atoms with Gasteiger partial charge in [-0.3, -0.25) is 14.5 Å². The molecule has 1 atom stereocenters. The maximum absolute atomic E-state index is 12.5. The van der Waals surface area contributed by atoms with Crippen molar-refractivity contribution >= 4 is 11.8 Å². The molecule has 2 aromatic rings. The monoisotopic (exact) mass is 342 g/mol. The molecular weight excluding hydrogens is 320 g/mol. The second-order valence-corrected chi connectivity index (χ2v) is 5.90. The lowest BCUT2D eigenvalue weighted by molar-refractivity contribution is -0.144. The predicted molar refractivity (Wildman–Crippen MR) is 94.0 cm³/mol. The molecule has 0 heterocycles. The van der Waals surface area contributed by atoms with Crippen molar-refractivity contribution in [1.82, 2.24) is 4.90 Å². The maximum Gasteiger partial charge on any atom is 0.246 e. The molecular formula is C19H22N2O4. The average Bonchev–Trinajstić information content (AvgIpc) is 2.58. The summed E-state index contributed by atoms with van der Waals surface area (Å²) in [6.07, 6.45) is 0.764. The lowest BCUT2D eigenvalue weighted by Crippen LogP contribution is -2.47. The molecule has 0 aliphatic carbocycles. The van der Waals surface area contributed by atoms with Gasteiger partial charge in [-0.1, -0.05) is 24.3 Å². The summed E-state index contributed by atoms with van der Waals surface area (Å²) in [7, 11) is 0. The zero-order chi connectivity index (χ0) is 18.4. The van der Waals surface area contributed by atoms with E-state index < -0.39 is 11.9 Å². The molecule has 0 fully saturated rings. The predicted octanol–water partition coefficient (Wildman–Crippen LogP) is 1.59. The fourth-order valence-electron chi connectivity index (χ4n) is 2.50. The summed E-state index contributed by atoms with van der Waals surface area (Å²) in [5.41, 5.74) is 7.69. The van der Waals surface area contributed by atoms with E-state index in [1.807, 2.05) is 0 Å². The van der Waals surface area contributed by atoms with Crippen LogP contribution in [0.1, 0.15) is 18.1 Å². The molecule has 25 heavy (non-hydrogen) atoms. The Bertz CT molecular complexity index is 726. The molecule has 0 saturated heterocycles. The molecule has 0 bridgehead atoms. The van der Waals surface area contributed by atoms with Crippen molar-refractivity contribution in [2.45, 2.75) is 25.8 Å². The number of phenols is 2. The van der Waals surface area contributed by atoms with E-state index in [2.05, 4.69) is 0 Å². The summed E-state index contributed by atoms with van der Waals surface area (Å²) >= 11 is 0. The van der Waals surface area contributed by atoms with Crippen LogP contribution in [0.2, 0.25) is 0 Å². The number of hydrogen-bond donors (Lipinski definition) is 3. The molecule has 0 unspecified atom stereocenters. The van der Waals surface area contributed by atoms with Crippen LogP contribution in [0.15, 0.2) is 48.5 Å². The number of hydrogen-bond acceptors (Lipinski definition) is 5. The van der Waals surface area contributed by atoms with Crippen LogP contribution in [0.4, 0.5) is 0 Å². The van der Waals surface area contributed by atoms with Crippen LogP contribution < -0.4 is 5.73 Å². The summed E-state index contributed by atoms with van der Waals surface area (Å²) in [4.78, 5) is 25.5. The second-order valence-electron chi connectivity index (χ2n) is 5.90. The number of phenolic OH excluding ortho intramolecular Hbond substituents is 2. The van der Waals surface area contributed by atoms with Gasteiger partial charge in [-0.05, 0) is 48.2 Å². The number of nitrogens with two attached hydrogens (primary N) is 1. The Labute approximate surface area is 146 Å². The van der Waals surface area contributed by atoms with Crippen LogP contribution in [0.5, 0.6) is 11.5 Å². The summed E-state index contributed by atoms with van der Waals surface area (Å²) < 4.78 is 0. The Balaban J connectivity index is 1.99. The van der Waals surface area contributed by atoms with E-state index in [9.17, 15) is 19.8 Å². The van der Waals surface area contributed by atoms with Crippen molar-refractivity contribution in [3.05, 3.63) is 59.7 Å². The first-order chi connectivity index (χ1) is 11.9. The van der Waals surface area contributed by atoms with Crippen molar-refractivity contribution in [3.8, 4) is 11.5 Å². The minimum Gasteiger partial charge on any atom is -0.508 e. The quantitative estimate of drug-likeness (QED) is 0.739. The van der Waals surface area contributed by atoms with Crippen molar-refractivity contribution in [2.75, 3.05) is 6.54 Å². The highest BCUT2D eigenvalue weighted by molar-refractivity contribution is 5.96. The van der Waals surface area contributed by atoms with E-state index in [0.29, 0.717) is 6.42 Å². The maximum atomic E-state index is 12.5. The van der Waals surface area contributed by atoms with Crippen LogP contribution in [-0.4, -0.2) is 39.5 Å². The van der Waals surface area contributed by atoms with Gasteiger partial charge in [0.2, 0.25) is 11.8 Å². The summed E-state index contributed by atoms with van der Waals surface area (Å²) in [5.74, 6) is -0.480. The molecule has 2 aromatic carbocycles. The molecule has 4 N–H and O–H groups in total. The average molecular weight is 342 g/mol. The first kappa shape index (κ1) is 18.5. The van der Waals surface area contributed by atoms with Gasteiger partial charge in [-0.2, -0.15) is 0 Å². The standard InChI is InChI=1S/C19H22N2O4/c1-13(22)21(11-10-14-2-6-16(23)7-3-14)19(25)18(20)12-15-4-8-17(24)9-5-15/h2-9,18,23-24H,10-12,20H2,1H3/t18-/m0/s1. The molecule has 6 nitrogen and oxygen atoms in total. The van der Waals surface area contributed by atoms with E-state index in [1.54, 1.807) is 36.4 Å². The first-order valence-corrected chi connectivity index (χ1v) is 8.00. The Kier molecular flexibility index (Phi) is 6.14.